The van der Waals surface area contributed by atoms with Gasteiger partial charge in [0.2, 0.25) is 5.91 Å². The summed E-state index contributed by atoms with van der Waals surface area (Å²) in [4.78, 5) is 13.5. The number of hydrogen-bond acceptors (Lipinski definition) is 5. The summed E-state index contributed by atoms with van der Waals surface area (Å²) in [7, 11) is 0. The van der Waals surface area contributed by atoms with Crippen molar-refractivity contribution in [3.05, 3.63) is 56.4 Å². The van der Waals surface area contributed by atoms with Crippen LogP contribution in [0, 0.1) is 0 Å². The van der Waals surface area contributed by atoms with Gasteiger partial charge in [0, 0.05) is 15.9 Å². The number of thioether (sulfide) groups is 1. The molecule has 0 aliphatic heterocycles. The van der Waals surface area contributed by atoms with E-state index >= 15 is 0 Å². The molecule has 0 atom stereocenters. The number of hydrogen-bond donors (Lipinski definition) is 1. The maximum atomic E-state index is 12.1. The number of nitrogens with zero attached hydrogens (tertiary/aromatic N) is 3. The van der Waals surface area contributed by atoms with Crippen molar-refractivity contribution in [3.63, 3.8) is 0 Å². The predicted octanol–water partition coefficient (Wildman–Crippen LogP) is 4.73. The summed E-state index contributed by atoms with van der Waals surface area (Å²) in [6.07, 6.45) is 2.61. The SMILES string of the molecule is O=C(CSc1nncn1CCc1cccs1)Nc1ccc(Br)cc1Cl. The van der Waals surface area contributed by atoms with E-state index in [9.17, 15) is 4.79 Å². The van der Waals surface area contributed by atoms with Crippen molar-refractivity contribution >= 4 is 62.2 Å². The van der Waals surface area contributed by atoms with Crippen LogP contribution in [0.3, 0.4) is 0 Å². The molecule has 0 unspecified atom stereocenters. The largest absolute Gasteiger partial charge is 0.324 e. The molecule has 0 bridgehead atoms. The molecule has 9 heteroatoms. The van der Waals surface area contributed by atoms with Crippen molar-refractivity contribution in [3.8, 4) is 0 Å². The summed E-state index contributed by atoms with van der Waals surface area (Å²) < 4.78 is 2.83. The Morgan fingerprint density at radius 3 is 3.04 bits per heavy atom. The van der Waals surface area contributed by atoms with Gasteiger partial charge < -0.3 is 9.88 Å². The van der Waals surface area contributed by atoms with E-state index in [1.165, 1.54) is 16.6 Å². The molecule has 2 heterocycles. The number of carbonyl (C=O) groups is 1. The van der Waals surface area contributed by atoms with Gasteiger partial charge in [0.25, 0.3) is 0 Å². The molecule has 130 valence electrons. The van der Waals surface area contributed by atoms with Crippen LogP contribution in [0.2, 0.25) is 5.02 Å². The minimum atomic E-state index is -0.137. The van der Waals surface area contributed by atoms with Crippen LogP contribution in [0.4, 0.5) is 5.69 Å². The molecule has 3 rings (SSSR count). The molecule has 0 aliphatic carbocycles. The van der Waals surface area contributed by atoms with Crippen LogP contribution in [-0.2, 0) is 17.8 Å². The lowest BCUT2D eigenvalue weighted by molar-refractivity contribution is -0.113. The lowest BCUT2D eigenvalue weighted by Crippen LogP contribution is -2.15. The van der Waals surface area contributed by atoms with E-state index in [-0.39, 0.29) is 11.7 Å². The molecule has 0 aliphatic rings. The van der Waals surface area contributed by atoms with Gasteiger partial charge in [-0.1, -0.05) is 45.4 Å². The van der Waals surface area contributed by atoms with Crippen molar-refractivity contribution in [2.24, 2.45) is 0 Å². The number of aromatic nitrogens is 3. The Labute approximate surface area is 166 Å². The van der Waals surface area contributed by atoms with Crippen molar-refractivity contribution in [1.29, 1.82) is 0 Å². The zero-order valence-electron chi connectivity index (χ0n) is 13.0. The van der Waals surface area contributed by atoms with Crippen LogP contribution in [0.5, 0.6) is 0 Å². The summed E-state index contributed by atoms with van der Waals surface area (Å²) in [5, 5.41) is 14.1. The minimum absolute atomic E-state index is 0.137. The lowest BCUT2D eigenvalue weighted by Gasteiger charge is -2.08. The molecule has 1 aromatic carbocycles. The van der Waals surface area contributed by atoms with E-state index < -0.39 is 0 Å². The highest BCUT2D eigenvalue weighted by Crippen LogP contribution is 2.26. The molecule has 5 nitrogen and oxygen atoms in total. The number of halogens is 2. The van der Waals surface area contributed by atoms with Gasteiger partial charge in [-0.05, 0) is 36.1 Å². The summed E-state index contributed by atoms with van der Waals surface area (Å²) in [6.45, 7) is 0.788. The van der Waals surface area contributed by atoms with Gasteiger partial charge in [-0.15, -0.1) is 21.5 Å². The molecule has 0 radical (unpaired) electrons. The number of nitrogens with one attached hydrogen (secondary N) is 1. The first-order valence-corrected chi connectivity index (χ1v) is 10.4. The van der Waals surface area contributed by atoms with Gasteiger partial charge >= 0.3 is 0 Å². The maximum absolute atomic E-state index is 12.1. The number of aryl methyl sites for hydroxylation is 2. The van der Waals surface area contributed by atoms with Crippen molar-refractivity contribution < 1.29 is 4.79 Å². The molecule has 1 N–H and O–H groups in total. The number of thiophene rings is 1. The van der Waals surface area contributed by atoms with Gasteiger partial charge in [-0.3, -0.25) is 4.79 Å². The fourth-order valence-corrected chi connectivity index (χ4v) is 4.26. The standard InChI is InChI=1S/C16H14BrClN4OS2/c17-11-3-4-14(13(18)8-11)20-15(23)9-25-16-21-19-10-22(16)6-5-12-2-1-7-24-12/h1-4,7-8,10H,5-6,9H2,(H,20,23). The minimum Gasteiger partial charge on any atom is -0.324 e. The van der Waals surface area contributed by atoms with Crippen LogP contribution in [-0.4, -0.2) is 26.4 Å². The fraction of sp³-hybridized carbons (Fsp3) is 0.188. The third-order valence-corrected chi connectivity index (χ3v) is 6.02. The van der Waals surface area contributed by atoms with E-state index in [0.717, 1.165) is 22.6 Å². The lowest BCUT2D eigenvalue weighted by atomic mass is 10.3. The van der Waals surface area contributed by atoms with Crippen LogP contribution < -0.4 is 5.32 Å². The molecule has 0 saturated heterocycles. The summed E-state index contributed by atoms with van der Waals surface area (Å²) in [5.74, 6) is 0.103. The van der Waals surface area contributed by atoms with E-state index in [4.69, 9.17) is 11.6 Å². The number of benzene rings is 1. The fourth-order valence-electron chi connectivity index (χ4n) is 2.10. The highest BCUT2D eigenvalue weighted by molar-refractivity contribution is 9.10. The van der Waals surface area contributed by atoms with Crippen LogP contribution in [0.25, 0.3) is 0 Å². The second kappa shape index (κ2) is 8.84. The van der Waals surface area contributed by atoms with E-state index in [0.29, 0.717) is 10.7 Å². The van der Waals surface area contributed by atoms with Crippen LogP contribution >= 0.6 is 50.6 Å². The quantitative estimate of drug-likeness (QED) is 0.521. The molecule has 3 aromatic rings. The predicted molar refractivity (Wildman–Crippen MR) is 107 cm³/mol. The van der Waals surface area contributed by atoms with Gasteiger partial charge in [0.05, 0.1) is 16.5 Å². The number of carbonyl (C=O) groups excluding carboxylic acids is 1. The second-order valence-corrected chi connectivity index (χ2v) is 8.39. The Morgan fingerprint density at radius 1 is 1.40 bits per heavy atom. The molecule has 1 amide bonds. The first-order valence-electron chi connectivity index (χ1n) is 7.40. The Bertz CT molecular complexity index is 854. The Morgan fingerprint density at radius 2 is 2.28 bits per heavy atom. The van der Waals surface area contributed by atoms with Gasteiger partial charge in [0.1, 0.15) is 6.33 Å². The molecule has 2 aromatic heterocycles. The topological polar surface area (TPSA) is 59.8 Å². The zero-order chi connectivity index (χ0) is 17.6. The van der Waals surface area contributed by atoms with Crippen molar-refractivity contribution in [2.75, 3.05) is 11.1 Å². The summed E-state index contributed by atoms with van der Waals surface area (Å²) in [6, 6.07) is 9.48. The average molecular weight is 458 g/mol. The Kier molecular flexibility index (Phi) is 6.52. The first-order chi connectivity index (χ1) is 12.1. The molecule has 0 fully saturated rings. The molecular formula is C16H14BrClN4OS2. The second-order valence-electron chi connectivity index (χ2n) is 5.10. The normalized spacial score (nSPS) is 10.8. The number of amides is 1. The molecule has 0 spiro atoms. The maximum Gasteiger partial charge on any atom is 0.234 e. The number of anilines is 1. The Hall–Kier alpha value is -1.35. The highest BCUT2D eigenvalue weighted by atomic mass is 79.9. The third-order valence-electron chi connectivity index (χ3n) is 3.30. The van der Waals surface area contributed by atoms with Gasteiger partial charge in [-0.2, -0.15) is 0 Å². The Balaban J connectivity index is 1.53. The highest BCUT2D eigenvalue weighted by Gasteiger charge is 2.11. The van der Waals surface area contributed by atoms with Gasteiger partial charge in [-0.25, -0.2) is 0 Å². The zero-order valence-corrected chi connectivity index (χ0v) is 17.0. The first kappa shape index (κ1) is 18.4. The third kappa shape index (κ3) is 5.31. The van der Waals surface area contributed by atoms with E-state index in [1.807, 2.05) is 16.7 Å². The van der Waals surface area contributed by atoms with E-state index in [1.54, 1.807) is 29.8 Å². The van der Waals surface area contributed by atoms with Crippen molar-refractivity contribution in [1.82, 2.24) is 14.8 Å². The smallest absolute Gasteiger partial charge is 0.234 e. The molecule has 25 heavy (non-hydrogen) atoms. The van der Waals surface area contributed by atoms with Crippen LogP contribution in [0.15, 0.2) is 51.7 Å². The summed E-state index contributed by atoms with van der Waals surface area (Å²) >= 11 is 12.5. The summed E-state index contributed by atoms with van der Waals surface area (Å²) in [5.41, 5.74) is 0.592. The number of rotatable bonds is 7. The average Bonchev–Trinajstić information content (AvgIpc) is 3.25. The van der Waals surface area contributed by atoms with E-state index in [2.05, 4.69) is 42.9 Å². The van der Waals surface area contributed by atoms with Gasteiger partial charge in [0.15, 0.2) is 5.16 Å². The van der Waals surface area contributed by atoms with Crippen molar-refractivity contribution in [2.45, 2.75) is 18.1 Å². The molecular weight excluding hydrogens is 444 g/mol. The monoisotopic (exact) mass is 456 g/mol. The van der Waals surface area contributed by atoms with Crippen LogP contribution in [0.1, 0.15) is 4.88 Å². The molecule has 0 saturated carbocycles.